The number of nitrogens with two attached hydrogens (primary N) is 1. The maximum Gasteiger partial charge on any atom is 0.303 e. The lowest BCUT2D eigenvalue weighted by atomic mass is 9.98. The zero-order valence-electron chi connectivity index (χ0n) is 28.1. The van der Waals surface area contributed by atoms with Gasteiger partial charge in [0.05, 0.1) is 6.54 Å². The van der Waals surface area contributed by atoms with Gasteiger partial charge in [-0.25, -0.2) is 0 Å². The minimum atomic E-state index is -0.947. The van der Waals surface area contributed by atoms with Crippen molar-refractivity contribution in [3.63, 3.8) is 0 Å². The molecule has 0 aliphatic carbocycles. The third-order valence-corrected chi connectivity index (χ3v) is 7.75. The number of carbonyl (C=O) groups is 4. The first kappa shape index (κ1) is 36.0. The molecule has 0 saturated carbocycles. The van der Waals surface area contributed by atoms with Crippen molar-refractivity contribution in [1.29, 1.82) is 0 Å². The van der Waals surface area contributed by atoms with Crippen molar-refractivity contribution in [3.8, 4) is 0 Å². The van der Waals surface area contributed by atoms with Crippen molar-refractivity contribution >= 4 is 34.5 Å². The SMILES string of the molecule is CC(=O)OC(C)(C)CNC(=O)[C@@H](Cc1ccccc1)N(C)C(=O)[C@@H](Cc1ccc2ccccc2c1)N(C)C(=O)/C=C/CC(C)(C)N. The molecule has 0 aliphatic heterocycles. The highest BCUT2D eigenvalue weighted by atomic mass is 16.6. The summed E-state index contributed by atoms with van der Waals surface area (Å²) in [4.78, 5) is 56.0. The van der Waals surface area contributed by atoms with Crippen molar-refractivity contribution in [2.75, 3.05) is 20.6 Å². The number of hydrogen-bond acceptors (Lipinski definition) is 6. The molecule has 0 heterocycles. The average Bonchev–Trinajstić information content (AvgIpc) is 2.99. The second-order valence-electron chi connectivity index (χ2n) is 13.2. The fourth-order valence-corrected chi connectivity index (χ4v) is 5.19. The summed E-state index contributed by atoms with van der Waals surface area (Å²) in [5, 5.41) is 4.97. The number of hydrogen-bond donors (Lipinski definition) is 2. The third kappa shape index (κ3) is 10.8. The van der Waals surface area contributed by atoms with E-state index in [2.05, 4.69) is 5.32 Å². The van der Waals surface area contributed by atoms with Crippen LogP contribution in [-0.4, -0.2) is 77.4 Å². The Morgan fingerprint density at radius 2 is 1.43 bits per heavy atom. The average molecular weight is 629 g/mol. The molecule has 0 aliphatic rings. The predicted molar refractivity (Wildman–Crippen MR) is 182 cm³/mol. The summed E-state index contributed by atoms with van der Waals surface area (Å²) in [7, 11) is 3.19. The van der Waals surface area contributed by atoms with Gasteiger partial charge in [0.2, 0.25) is 17.7 Å². The largest absolute Gasteiger partial charge is 0.458 e. The molecular formula is C37H48N4O5. The van der Waals surface area contributed by atoms with Gasteiger partial charge in [-0.3, -0.25) is 19.2 Å². The van der Waals surface area contributed by atoms with Crippen LogP contribution in [0.3, 0.4) is 0 Å². The Morgan fingerprint density at radius 3 is 2.07 bits per heavy atom. The molecule has 0 aromatic heterocycles. The minimum absolute atomic E-state index is 0.0555. The van der Waals surface area contributed by atoms with Crippen LogP contribution in [0.2, 0.25) is 0 Å². The van der Waals surface area contributed by atoms with Crippen LogP contribution in [0.25, 0.3) is 10.8 Å². The van der Waals surface area contributed by atoms with Crippen LogP contribution < -0.4 is 11.1 Å². The molecule has 0 bridgehead atoms. The second kappa shape index (κ2) is 15.7. The number of rotatable bonds is 14. The number of nitrogens with zero attached hydrogens (tertiary/aromatic N) is 2. The number of nitrogens with one attached hydrogen (secondary N) is 1. The summed E-state index contributed by atoms with van der Waals surface area (Å²) >= 11 is 0. The predicted octanol–water partition coefficient (Wildman–Crippen LogP) is 4.42. The van der Waals surface area contributed by atoms with Crippen LogP contribution in [0.4, 0.5) is 0 Å². The van der Waals surface area contributed by atoms with E-state index in [1.807, 2.05) is 86.6 Å². The molecule has 0 unspecified atom stereocenters. The number of likely N-dealkylation sites (N-methyl/N-ethyl adjacent to an activating group) is 2. The van der Waals surface area contributed by atoms with Crippen molar-refractivity contribution < 1.29 is 23.9 Å². The van der Waals surface area contributed by atoms with E-state index < -0.39 is 35.1 Å². The van der Waals surface area contributed by atoms with Crippen LogP contribution >= 0.6 is 0 Å². The summed E-state index contributed by atoms with van der Waals surface area (Å²) in [6.45, 7) is 8.52. The Hall–Kier alpha value is -4.50. The number of carbonyl (C=O) groups excluding carboxylic acids is 4. The van der Waals surface area contributed by atoms with E-state index in [1.165, 1.54) is 22.8 Å². The van der Waals surface area contributed by atoms with E-state index in [-0.39, 0.29) is 31.2 Å². The lowest BCUT2D eigenvalue weighted by molar-refractivity contribution is -0.154. The maximum atomic E-state index is 14.4. The molecule has 2 atom stereocenters. The molecule has 46 heavy (non-hydrogen) atoms. The van der Waals surface area contributed by atoms with Gasteiger partial charge in [0.15, 0.2) is 0 Å². The van der Waals surface area contributed by atoms with Crippen LogP contribution in [0.1, 0.15) is 52.2 Å². The lowest BCUT2D eigenvalue weighted by Crippen LogP contribution is -2.57. The van der Waals surface area contributed by atoms with E-state index in [4.69, 9.17) is 10.5 Å². The topological polar surface area (TPSA) is 122 Å². The Morgan fingerprint density at radius 1 is 0.826 bits per heavy atom. The van der Waals surface area contributed by atoms with Gasteiger partial charge in [-0.15, -0.1) is 0 Å². The van der Waals surface area contributed by atoms with Crippen molar-refractivity contribution in [2.24, 2.45) is 5.73 Å². The summed E-state index contributed by atoms with van der Waals surface area (Å²) in [5.74, 6) is -1.58. The summed E-state index contributed by atoms with van der Waals surface area (Å²) < 4.78 is 5.35. The molecule has 3 aromatic rings. The molecule has 3 amide bonds. The molecule has 0 radical (unpaired) electrons. The van der Waals surface area contributed by atoms with E-state index in [0.29, 0.717) is 6.42 Å². The number of fused-ring (bicyclic) bond motifs is 1. The third-order valence-electron chi connectivity index (χ3n) is 7.75. The molecule has 0 fully saturated rings. The molecule has 246 valence electrons. The maximum absolute atomic E-state index is 14.4. The smallest absolute Gasteiger partial charge is 0.303 e. The van der Waals surface area contributed by atoms with Gasteiger partial charge in [0.25, 0.3) is 0 Å². The fourth-order valence-electron chi connectivity index (χ4n) is 5.19. The fraction of sp³-hybridized carbons (Fsp3) is 0.405. The van der Waals surface area contributed by atoms with Crippen molar-refractivity contribution in [3.05, 3.63) is 96.1 Å². The monoisotopic (exact) mass is 628 g/mol. The van der Waals surface area contributed by atoms with Crippen molar-refractivity contribution in [1.82, 2.24) is 15.1 Å². The molecule has 3 rings (SSSR count). The van der Waals surface area contributed by atoms with Gasteiger partial charge in [-0.2, -0.15) is 0 Å². The van der Waals surface area contributed by atoms with E-state index in [9.17, 15) is 19.2 Å². The van der Waals surface area contributed by atoms with Crippen LogP contribution in [0.5, 0.6) is 0 Å². The van der Waals surface area contributed by atoms with Crippen LogP contribution in [-0.2, 0) is 36.8 Å². The van der Waals surface area contributed by atoms with Crippen LogP contribution in [0, 0.1) is 0 Å². The first-order valence-electron chi connectivity index (χ1n) is 15.5. The molecule has 0 saturated heterocycles. The van der Waals surface area contributed by atoms with Gasteiger partial charge < -0.3 is 25.6 Å². The number of amides is 3. The van der Waals surface area contributed by atoms with E-state index in [1.54, 1.807) is 34.0 Å². The highest BCUT2D eigenvalue weighted by Gasteiger charge is 2.35. The Bertz CT molecular complexity index is 1540. The lowest BCUT2D eigenvalue weighted by Gasteiger charge is -2.35. The van der Waals surface area contributed by atoms with Gasteiger partial charge in [-0.1, -0.05) is 78.9 Å². The summed E-state index contributed by atoms with van der Waals surface area (Å²) in [6.07, 6.45) is 4.14. The molecular weight excluding hydrogens is 580 g/mol. The van der Waals surface area contributed by atoms with E-state index in [0.717, 1.165) is 21.9 Å². The van der Waals surface area contributed by atoms with Gasteiger partial charge >= 0.3 is 5.97 Å². The van der Waals surface area contributed by atoms with E-state index >= 15 is 0 Å². The summed E-state index contributed by atoms with van der Waals surface area (Å²) in [5.41, 5.74) is 6.40. The quantitative estimate of drug-likeness (QED) is 0.201. The normalized spacial score (nSPS) is 13.2. The first-order chi connectivity index (χ1) is 21.6. The number of esters is 1. The molecule has 3 aromatic carbocycles. The highest BCUT2D eigenvalue weighted by molar-refractivity contribution is 5.95. The van der Waals surface area contributed by atoms with Gasteiger partial charge in [0.1, 0.15) is 17.7 Å². The molecule has 3 N–H and O–H groups in total. The van der Waals surface area contributed by atoms with Crippen molar-refractivity contribution in [2.45, 2.75) is 77.1 Å². The number of ether oxygens (including phenoxy) is 1. The Balaban J connectivity index is 1.95. The standard InChI is InChI=1S/C37H48N4O5/c1-26(42)46-37(4,5)25-39-34(44)31(23-27-14-9-8-10-15-27)41(7)35(45)32(40(6)33(43)18-13-21-36(2,3)38)24-28-19-20-29-16-11-12-17-30(29)22-28/h8-20,22,31-32H,21,23-25,38H2,1-7H3,(H,39,44)/b18-13+/t31-,32-/m1/s1. The Labute approximate surface area is 272 Å². The zero-order chi connectivity index (χ0) is 34.1. The second-order valence-corrected chi connectivity index (χ2v) is 13.2. The minimum Gasteiger partial charge on any atom is -0.458 e. The van der Waals surface area contributed by atoms with Gasteiger partial charge in [-0.05, 0) is 62.1 Å². The van der Waals surface area contributed by atoms with Gasteiger partial charge in [0, 0.05) is 39.4 Å². The van der Waals surface area contributed by atoms with Crippen LogP contribution in [0.15, 0.2) is 84.9 Å². The molecule has 0 spiro atoms. The first-order valence-corrected chi connectivity index (χ1v) is 15.5. The summed E-state index contributed by atoms with van der Waals surface area (Å²) in [6, 6.07) is 21.5. The number of benzene rings is 3. The molecule has 9 nitrogen and oxygen atoms in total. The zero-order valence-corrected chi connectivity index (χ0v) is 28.1. The molecule has 9 heteroatoms. The Kier molecular flexibility index (Phi) is 12.3. The highest BCUT2D eigenvalue weighted by Crippen LogP contribution is 2.20.